The number of esters is 2. The van der Waals surface area contributed by atoms with Crippen LogP contribution in [0.25, 0.3) is 0 Å². The van der Waals surface area contributed by atoms with Gasteiger partial charge in [0.2, 0.25) is 0 Å². The van der Waals surface area contributed by atoms with Gasteiger partial charge < -0.3 is 19.7 Å². The van der Waals surface area contributed by atoms with Crippen molar-refractivity contribution in [3.05, 3.63) is 25.3 Å². The molecular formula is C23H46O7PS+. The Kier molecular flexibility index (Phi) is 25.7. The molecule has 0 aliphatic carbocycles. The van der Waals surface area contributed by atoms with Crippen LogP contribution in [0.2, 0.25) is 0 Å². The number of carbonyl (C=O) groups excluding carboxylic acids is 2. The predicted molar refractivity (Wildman–Crippen MR) is 137 cm³/mol. The lowest BCUT2D eigenvalue weighted by molar-refractivity contribution is -0.175. The summed E-state index contributed by atoms with van der Waals surface area (Å²) in [5.41, 5.74) is -0.693. The van der Waals surface area contributed by atoms with E-state index < -0.39 is 25.2 Å². The van der Waals surface area contributed by atoms with Gasteiger partial charge in [-0.3, -0.25) is 9.59 Å². The van der Waals surface area contributed by atoms with Crippen molar-refractivity contribution in [2.75, 3.05) is 38.6 Å². The van der Waals surface area contributed by atoms with E-state index in [0.29, 0.717) is 24.9 Å². The van der Waals surface area contributed by atoms with Crippen LogP contribution in [0.4, 0.5) is 0 Å². The molecule has 1 rings (SSSR count). The zero-order valence-electron chi connectivity index (χ0n) is 18.5. The molecule has 0 spiro atoms. The van der Waals surface area contributed by atoms with Gasteiger partial charge in [-0.15, -0.1) is 19.2 Å². The van der Waals surface area contributed by atoms with E-state index in [4.69, 9.17) is 19.7 Å². The fourth-order valence-electron chi connectivity index (χ4n) is 2.43. The smallest absolute Gasteiger partial charge is 0.345 e. The highest BCUT2D eigenvalue weighted by atomic mass is 32.1. The average molecular weight is 498 g/mol. The van der Waals surface area contributed by atoms with E-state index in [1.165, 1.54) is 6.08 Å². The fraction of sp³-hybridized carbons (Fsp3) is 0.739. The van der Waals surface area contributed by atoms with Gasteiger partial charge in [0.15, 0.2) is 10.9 Å². The number of aliphatic hydroxyl groups excluding tert-OH is 2. The molecule has 2 N–H and O–H groups in total. The third-order valence-electron chi connectivity index (χ3n) is 4.44. The summed E-state index contributed by atoms with van der Waals surface area (Å²) in [6.07, 6.45) is 6.89. The minimum Gasteiger partial charge on any atom is -0.465 e. The Bertz CT molecular complexity index is 556. The molecule has 2 unspecified atom stereocenters. The number of hydrogen-bond acceptors (Lipinski definition) is 8. The van der Waals surface area contributed by atoms with Gasteiger partial charge in [-0.25, -0.2) is 0 Å². The molecule has 7 nitrogen and oxygen atoms in total. The Morgan fingerprint density at radius 2 is 1.91 bits per heavy atom. The van der Waals surface area contributed by atoms with Crippen molar-refractivity contribution in [1.82, 2.24) is 0 Å². The molecule has 1 saturated heterocycles. The molecule has 9 heteroatoms. The number of allylic oxidation sites excluding steroid dienone is 1. The van der Waals surface area contributed by atoms with Gasteiger partial charge in [0, 0.05) is 13.2 Å². The van der Waals surface area contributed by atoms with E-state index in [1.807, 2.05) is 13.0 Å². The first kappa shape index (κ1) is 38.1. The predicted octanol–water partition coefficient (Wildman–Crippen LogP) is 5.00. The van der Waals surface area contributed by atoms with E-state index in [2.05, 4.69) is 25.8 Å². The van der Waals surface area contributed by atoms with Crippen molar-refractivity contribution >= 4 is 32.4 Å². The normalized spacial score (nSPS) is 18.8. The maximum atomic E-state index is 11.5. The van der Waals surface area contributed by atoms with Crippen molar-refractivity contribution < 1.29 is 33.8 Å². The number of hydrogen-bond donors (Lipinski definition) is 3. The number of ether oxygens (including phenoxy) is 2. The first-order chi connectivity index (χ1) is 14.1. The van der Waals surface area contributed by atoms with Crippen LogP contribution in [0, 0.1) is 10.8 Å². The maximum absolute atomic E-state index is 11.5. The van der Waals surface area contributed by atoms with Gasteiger partial charge in [0.25, 0.3) is 0 Å². The van der Waals surface area contributed by atoms with E-state index in [-0.39, 0.29) is 40.1 Å². The molecule has 1 aliphatic heterocycles. The third kappa shape index (κ3) is 16.4. The summed E-state index contributed by atoms with van der Waals surface area (Å²) in [5, 5.41) is 17.6. The van der Waals surface area contributed by atoms with Gasteiger partial charge in [-0.05, 0) is 44.4 Å². The summed E-state index contributed by atoms with van der Waals surface area (Å²) in [4.78, 5) is 22.9. The fourth-order valence-corrected chi connectivity index (χ4v) is 2.43. The number of aliphatic hydroxyl groups is 2. The molecule has 0 amide bonds. The summed E-state index contributed by atoms with van der Waals surface area (Å²) < 4.78 is 19.6. The zero-order valence-corrected chi connectivity index (χ0v) is 20.3. The Morgan fingerprint density at radius 1 is 1.34 bits per heavy atom. The molecule has 32 heavy (non-hydrogen) atoms. The van der Waals surface area contributed by atoms with Crippen LogP contribution in [-0.2, 0) is 23.6 Å². The second-order valence-electron chi connectivity index (χ2n) is 7.52. The quantitative estimate of drug-likeness (QED) is 0.128. The van der Waals surface area contributed by atoms with Gasteiger partial charge in [-0.2, -0.15) is 0 Å². The Hall–Kier alpha value is -1.21. The molecule has 190 valence electrons. The zero-order chi connectivity index (χ0) is 23.6. The second kappa shape index (κ2) is 21.6. The first-order valence-corrected chi connectivity index (χ1v) is 12.4. The summed E-state index contributed by atoms with van der Waals surface area (Å²) in [6, 6.07) is 0. The molecule has 1 aliphatic rings. The van der Waals surface area contributed by atoms with Crippen LogP contribution in [-0.4, -0.2) is 60.7 Å². The number of carbonyl (C=O) groups is 2. The standard InChI is InChI=1S/C10H14O4.C9H18O2.C2H5OPS.2CH4/c1-3-6-13-8(11)10(2)5-4-7-14-9(10)12;1-3-5-9(2,8-11)6-4-7-10;1-4(3)2-5;;/h3H,1,4-7H2,2H3;3,10-11H,1,4-8H2,2H3;2H2,1H3;2*1H4/p+1/t;9-;;;/m.1.../s1. The molecule has 1 heterocycles. The van der Waals surface area contributed by atoms with Crippen LogP contribution < -0.4 is 0 Å². The summed E-state index contributed by atoms with van der Waals surface area (Å²) in [6.45, 7) is 13.2. The van der Waals surface area contributed by atoms with Gasteiger partial charge in [-0.1, -0.05) is 45.1 Å². The average Bonchev–Trinajstić information content (AvgIpc) is 2.73. The minimum atomic E-state index is -1.12. The van der Waals surface area contributed by atoms with Crippen molar-refractivity contribution in [2.24, 2.45) is 10.8 Å². The summed E-state index contributed by atoms with van der Waals surface area (Å²) >= 11 is 3.73. The Balaban J connectivity index is -0.000000196. The number of thiol groups is 1. The molecule has 3 atom stereocenters. The molecule has 0 radical (unpaired) electrons. The molecule has 1 fully saturated rings. The Morgan fingerprint density at radius 3 is 2.28 bits per heavy atom. The lowest BCUT2D eigenvalue weighted by atomic mass is 9.83. The SMILES string of the molecule is C.C.C=CCOC(=O)C1(C)CCCOC1=O.C=CC[C@@](C)(CO)CCCO.C[P+](=O)CS. The van der Waals surface area contributed by atoms with Crippen LogP contribution in [0.5, 0.6) is 0 Å². The third-order valence-corrected chi connectivity index (χ3v) is 6.04. The van der Waals surface area contributed by atoms with Crippen LogP contribution >= 0.6 is 20.4 Å². The van der Waals surface area contributed by atoms with E-state index in [9.17, 15) is 14.2 Å². The van der Waals surface area contributed by atoms with E-state index >= 15 is 0 Å². The molecule has 0 bridgehead atoms. The van der Waals surface area contributed by atoms with Gasteiger partial charge >= 0.3 is 19.7 Å². The minimum absolute atomic E-state index is 0. The van der Waals surface area contributed by atoms with Crippen LogP contribution in [0.1, 0.15) is 60.8 Å². The maximum Gasteiger partial charge on any atom is 0.345 e. The summed E-state index contributed by atoms with van der Waals surface area (Å²) in [7, 11) is -0.984. The van der Waals surface area contributed by atoms with Crippen molar-refractivity contribution in [1.29, 1.82) is 0 Å². The molecular weight excluding hydrogens is 451 g/mol. The highest BCUT2D eigenvalue weighted by Crippen LogP contribution is 2.30. The number of rotatable bonds is 10. The Labute approximate surface area is 201 Å². The lowest BCUT2D eigenvalue weighted by Gasteiger charge is -2.28. The lowest BCUT2D eigenvalue weighted by Crippen LogP contribution is -2.42. The second-order valence-corrected chi connectivity index (χ2v) is 9.90. The van der Waals surface area contributed by atoms with Crippen molar-refractivity contribution in [2.45, 2.75) is 60.8 Å². The largest absolute Gasteiger partial charge is 0.465 e. The highest BCUT2D eigenvalue weighted by Gasteiger charge is 2.45. The first-order valence-electron chi connectivity index (χ1n) is 9.84. The topological polar surface area (TPSA) is 110 Å². The summed E-state index contributed by atoms with van der Waals surface area (Å²) in [5.74, 6) is -1.01. The van der Waals surface area contributed by atoms with Crippen LogP contribution in [0.15, 0.2) is 25.3 Å². The van der Waals surface area contributed by atoms with Gasteiger partial charge in [0.1, 0.15) is 13.3 Å². The monoisotopic (exact) mass is 497 g/mol. The number of cyclic esters (lactones) is 1. The van der Waals surface area contributed by atoms with E-state index in [0.717, 1.165) is 19.3 Å². The van der Waals surface area contributed by atoms with Gasteiger partial charge in [0.05, 0.1) is 6.61 Å². The van der Waals surface area contributed by atoms with E-state index in [1.54, 1.807) is 13.6 Å². The van der Waals surface area contributed by atoms with Crippen molar-refractivity contribution in [3.63, 3.8) is 0 Å². The molecule has 0 saturated carbocycles. The van der Waals surface area contributed by atoms with Crippen molar-refractivity contribution in [3.8, 4) is 0 Å². The molecule has 0 aromatic carbocycles. The molecule has 0 aromatic heterocycles. The van der Waals surface area contributed by atoms with Crippen LogP contribution in [0.3, 0.4) is 0 Å². The molecule has 0 aromatic rings. The highest BCUT2D eigenvalue weighted by molar-refractivity contribution is 7.87.